The SMILES string of the molecule is FC(F)(F)c1ccc(N2CCN(c3ncnc4nc[nH]c34)CC2)cc1. The Kier molecular flexibility index (Phi) is 3.70. The number of imidazole rings is 1. The lowest BCUT2D eigenvalue weighted by Crippen LogP contribution is -2.47. The van der Waals surface area contributed by atoms with E-state index in [9.17, 15) is 13.2 Å². The lowest BCUT2D eigenvalue weighted by atomic mass is 10.1. The number of hydrogen-bond donors (Lipinski definition) is 1. The first-order chi connectivity index (χ1) is 12.0. The van der Waals surface area contributed by atoms with Gasteiger partial charge >= 0.3 is 6.18 Å². The number of aromatic nitrogens is 4. The fourth-order valence-corrected chi connectivity index (χ4v) is 3.03. The molecule has 0 amide bonds. The van der Waals surface area contributed by atoms with E-state index in [4.69, 9.17) is 0 Å². The molecule has 1 N–H and O–H groups in total. The number of fused-ring (bicyclic) bond motifs is 1. The first-order valence-corrected chi connectivity index (χ1v) is 7.83. The van der Waals surface area contributed by atoms with Crippen LogP contribution in [-0.4, -0.2) is 46.1 Å². The summed E-state index contributed by atoms with van der Waals surface area (Å²) >= 11 is 0. The van der Waals surface area contributed by atoms with Crippen molar-refractivity contribution in [2.45, 2.75) is 6.18 Å². The van der Waals surface area contributed by atoms with Gasteiger partial charge in [0.25, 0.3) is 0 Å². The maximum atomic E-state index is 12.7. The van der Waals surface area contributed by atoms with Gasteiger partial charge in [0.05, 0.1) is 11.9 Å². The van der Waals surface area contributed by atoms with Gasteiger partial charge in [-0.3, -0.25) is 0 Å². The van der Waals surface area contributed by atoms with Crippen molar-refractivity contribution in [1.82, 2.24) is 19.9 Å². The summed E-state index contributed by atoms with van der Waals surface area (Å²) in [6.45, 7) is 2.83. The number of hydrogen-bond acceptors (Lipinski definition) is 5. The van der Waals surface area contributed by atoms with Crippen LogP contribution in [0.15, 0.2) is 36.9 Å². The molecule has 1 saturated heterocycles. The van der Waals surface area contributed by atoms with Gasteiger partial charge in [-0.2, -0.15) is 13.2 Å². The van der Waals surface area contributed by atoms with Gasteiger partial charge in [-0.1, -0.05) is 0 Å². The van der Waals surface area contributed by atoms with Crippen LogP contribution in [-0.2, 0) is 6.18 Å². The summed E-state index contributed by atoms with van der Waals surface area (Å²) in [5, 5.41) is 0. The van der Waals surface area contributed by atoms with Crippen LogP contribution in [0.5, 0.6) is 0 Å². The van der Waals surface area contributed by atoms with E-state index >= 15 is 0 Å². The highest BCUT2D eigenvalue weighted by atomic mass is 19.4. The van der Waals surface area contributed by atoms with Crippen molar-refractivity contribution in [2.24, 2.45) is 0 Å². The quantitative estimate of drug-likeness (QED) is 0.772. The molecule has 0 unspecified atom stereocenters. The second kappa shape index (κ2) is 5.91. The van der Waals surface area contributed by atoms with Gasteiger partial charge in [-0.05, 0) is 24.3 Å². The molecule has 0 radical (unpaired) electrons. The first kappa shape index (κ1) is 15.7. The molecular formula is C16H15F3N6. The van der Waals surface area contributed by atoms with Crippen LogP contribution in [0, 0.1) is 0 Å². The van der Waals surface area contributed by atoms with E-state index in [2.05, 4.69) is 29.7 Å². The van der Waals surface area contributed by atoms with E-state index in [0.29, 0.717) is 31.8 Å². The van der Waals surface area contributed by atoms with Crippen molar-refractivity contribution in [3.05, 3.63) is 42.5 Å². The van der Waals surface area contributed by atoms with Gasteiger partial charge in [0.15, 0.2) is 11.5 Å². The largest absolute Gasteiger partial charge is 0.416 e. The zero-order valence-electron chi connectivity index (χ0n) is 13.2. The number of nitrogens with one attached hydrogen (secondary N) is 1. The van der Waals surface area contributed by atoms with Crippen LogP contribution in [0.3, 0.4) is 0 Å². The second-order valence-corrected chi connectivity index (χ2v) is 5.82. The first-order valence-electron chi connectivity index (χ1n) is 7.83. The average Bonchev–Trinajstić information content (AvgIpc) is 3.10. The van der Waals surface area contributed by atoms with E-state index in [1.165, 1.54) is 18.5 Å². The maximum Gasteiger partial charge on any atom is 0.416 e. The van der Waals surface area contributed by atoms with Crippen molar-refractivity contribution >= 4 is 22.7 Å². The molecular weight excluding hydrogens is 333 g/mol. The van der Waals surface area contributed by atoms with Crippen LogP contribution in [0.1, 0.15) is 5.56 Å². The zero-order valence-corrected chi connectivity index (χ0v) is 13.2. The summed E-state index contributed by atoms with van der Waals surface area (Å²) in [5.41, 5.74) is 1.58. The Morgan fingerprint density at radius 3 is 2.24 bits per heavy atom. The predicted molar refractivity (Wildman–Crippen MR) is 87.6 cm³/mol. The molecule has 2 aromatic heterocycles. The Balaban J connectivity index is 1.47. The van der Waals surface area contributed by atoms with Crippen LogP contribution >= 0.6 is 0 Å². The molecule has 1 aromatic carbocycles. The Labute approximate surface area is 141 Å². The minimum Gasteiger partial charge on any atom is -0.368 e. The molecule has 0 bridgehead atoms. The van der Waals surface area contributed by atoms with Gasteiger partial charge in [0.2, 0.25) is 0 Å². The van der Waals surface area contributed by atoms with Gasteiger partial charge in [0.1, 0.15) is 11.8 Å². The fraction of sp³-hybridized carbons (Fsp3) is 0.312. The van der Waals surface area contributed by atoms with Gasteiger partial charge in [-0.15, -0.1) is 0 Å². The predicted octanol–water partition coefficient (Wildman–Crippen LogP) is 2.70. The number of halogens is 3. The van der Waals surface area contributed by atoms with Crippen molar-refractivity contribution in [3.8, 4) is 0 Å². The molecule has 3 aromatic rings. The Bertz CT molecular complexity index is 865. The highest BCUT2D eigenvalue weighted by molar-refractivity contribution is 5.82. The number of H-pyrrole nitrogens is 1. The molecule has 0 atom stereocenters. The highest BCUT2D eigenvalue weighted by Crippen LogP contribution is 2.31. The van der Waals surface area contributed by atoms with E-state index in [1.807, 2.05) is 0 Å². The molecule has 0 spiro atoms. The van der Waals surface area contributed by atoms with Crippen LogP contribution in [0.4, 0.5) is 24.7 Å². The molecule has 6 nitrogen and oxygen atoms in total. The summed E-state index contributed by atoms with van der Waals surface area (Å²) in [5.74, 6) is 0.801. The van der Waals surface area contributed by atoms with Gasteiger partial charge < -0.3 is 14.8 Å². The Morgan fingerprint density at radius 2 is 1.56 bits per heavy atom. The van der Waals surface area contributed by atoms with Crippen molar-refractivity contribution < 1.29 is 13.2 Å². The highest BCUT2D eigenvalue weighted by Gasteiger charge is 2.30. The molecule has 1 aliphatic rings. The third-order valence-electron chi connectivity index (χ3n) is 4.34. The lowest BCUT2D eigenvalue weighted by molar-refractivity contribution is -0.137. The standard InChI is InChI=1S/C16H15F3N6/c17-16(18,19)11-1-3-12(4-2-11)24-5-7-25(8-6-24)15-13-14(21-9-20-13)22-10-23-15/h1-4,9-10H,5-8H2,(H,20,21,22,23). The van der Waals surface area contributed by atoms with Crippen LogP contribution in [0.2, 0.25) is 0 Å². The normalized spacial score (nSPS) is 15.8. The van der Waals surface area contributed by atoms with Gasteiger partial charge in [0, 0.05) is 31.9 Å². The van der Waals surface area contributed by atoms with E-state index in [-0.39, 0.29) is 0 Å². The van der Waals surface area contributed by atoms with Crippen molar-refractivity contribution in [3.63, 3.8) is 0 Å². The van der Waals surface area contributed by atoms with Crippen LogP contribution < -0.4 is 9.80 Å². The number of aromatic amines is 1. The zero-order chi connectivity index (χ0) is 17.4. The van der Waals surface area contributed by atoms with Gasteiger partial charge in [-0.25, -0.2) is 15.0 Å². The molecule has 0 saturated carbocycles. The van der Waals surface area contributed by atoms with Crippen LogP contribution in [0.25, 0.3) is 11.2 Å². The van der Waals surface area contributed by atoms with Crippen molar-refractivity contribution in [2.75, 3.05) is 36.0 Å². The number of benzene rings is 1. The summed E-state index contributed by atoms with van der Waals surface area (Å²) in [6.07, 6.45) is -1.23. The number of rotatable bonds is 2. The third kappa shape index (κ3) is 2.97. The lowest BCUT2D eigenvalue weighted by Gasteiger charge is -2.36. The van der Waals surface area contributed by atoms with E-state index < -0.39 is 11.7 Å². The average molecular weight is 348 g/mol. The third-order valence-corrected chi connectivity index (χ3v) is 4.34. The topological polar surface area (TPSA) is 60.9 Å². The molecule has 1 aliphatic heterocycles. The number of alkyl halides is 3. The molecule has 3 heterocycles. The molecule has 9 heteroatoms. The number of anilines is 2. The summed E-state index contributed by atoms with van der Waals surface area (Å²) in [6, 6.07) is 5.30. The number of piperazine rings is 1. The molecule has 4 rings (SSSR count). The molecule has 0 aliphatic carbocycles. The Hall–Kier alpha value is -2.84. The second-order valence-electron chi connectivity index (χ2n) is 5.82. The smallest absolute Gasteiger partial charge is 0.368 e. The summed E-state index contributed by atoms with van der Waals surface area (Å²) in [4.78, 5) is 19.8. The summed E-state index contributed by atoms with van der Waals surface area (Å²) in [7, 11) is 0. The molecule has 130 valence electrons. The summed E-state index contributed by atoms with van der Waals surface area (Å²) < 4.78 is 38.0. The number of nitrogens with zero attached hydrogens (tertiary/aromatic N) is 5. The maximum absolute atomic E-state index is 12.7. The fourth-order valence-electron chi connectivity index (χ4n) is 3.03. The van der Waals surface area contributed by atoms with E-state index in [0.717, 1.165) is 29.2 Å². The Morgan fingerprint density at radius 1 is 0.880 bits per heavy atom. The van der Waals surface area contributed by atoms with E-state index in [1.54, 1.807) is 6.33 Å². The monoisotopic (exact) mass is 348 g/mol. The minimum atomic E-state index is -4.31. The minimum absolute atomic E-state index is 0.621. The van der Waals surface area contributed by atoms with Crippen molar-refractivity contribution in [1.29, 1.82) is 0 Å². The molecule has 25 heavy (non-hydrogen) atoms. The molecule has 1 fully saturated rings.